The maximum atomic E-state index is 12.8. The Morgan fingerprint density at radius 2 is 2.12 bits per heavy atom. The van der Waals surface area contributed by atoms with Gasteiger partial charge in [0, 0.05) is 25.1 Å². The third-order valence-corrected chi connectivity index (χ3v) is 5.77. The van der Waals surface area contributed by atoms with Gasteiger partial charge < -0.3 is 14.8 Å². The molecule has 3 heterocycles. The van der Waals surface area contributed by atoms with Crippen LogP contribution >= 0.6 is 0 Å². The second kappa shape index (κ2) is 7.58. The van der Waals surface area contributed by atoms with E-state index in [4.69, 9.17) is 0 Å². The molecule has 6 nitrogen and oxygen atoms in total. The highest BCUT2D eigenvalue weighted by Gasteiger charge is 2.28. The molecule has 2 aliphatic heterocycles. The van der Waals surface area contributed by atoms with Crippen LogP contribution in [0.2, 0.25) is 0 Å². The van der Waals surface area contributed by atoms with Gasteiger partial charge in [0.05, 0.1) is 6.54 Å². The number of rotatable bonds is 4. The van der Waals surface area contributed by atoms with E-state index < -0.39 is 0 Å². The Morgan fingerprint density at radius 3 is 2.88 bits per heavy atom. The highest BCUT2D eigenvalue weighted by molar-refractivity contribution is 5.76. The molecule has 0 saturated carbocycles. The fourth-order valence-corrected chi connectivity index (χ4v) is 4.11. The first-order valence-electron chi connectivity index (χ1n) is 9.68. The number of amides is 1. The van der Waals surface area contributed by atoms with Gasteiger partial charge in [0.25, 0.3) is 0 Å². The van der Waals surface area contributed by atoms with Crippen LogP contribution in [0.1, 0.15) is 32.0 Å². The average Bonchev–Trinajstić information content (AvgIpc) is 3.12. The van der Waals surface area contributed by atoms with Crippen molar-refractivity contribution in [3.8, 4) is 11.4 Å². The van der Waals surface area contributed by atoms with Gasteiger partial charge >= 0.3 is 0 Å². The Hall–Kier alpha value is -2.21. The number of benzene rings is 1. The quantitative estimate of drug-likeness (QED) is 0.916. The smallest absolute Gasteiger partial charge is 0.223 e. The summed E-state index contributed by atoms with van der Waals surface area (Å²) in [5.41, 5.74) is 1.07. The van der Waals surface area contributed by atoms with Gasteiger partial charge in [-0.15, -0.1) is 10.2 Å². The normalized spacial score (nSPS) is 21.3. The Bertz CT molecular complexity index is 751. The molecule has 2 unspecified atom stereocenters. The molecule has 1 aromatic heterocycles. The number of nitrogens with zero attached hydrogens (tertiary/aromatic N) is 4. The molecule has 138 valence electrons. The predicted octanol–water partition coefficient (Wildman–Crippen LogP) is 2.31. The van der Waals surface area contributed by atoms with Crippen LogP contribution < -0.4 is 5.32 Å². The summed E-state index contributed by atoms with van der Waals surface area (Å²) in [6.45, 7) is 6.44. The highest BCUT2D eigenvalue weighted by Crippen LogP contribution is 2.25. The minimum absolute atomic E-state index is 0.249. The monoisotopic (exact) mass is 353 g/mol. The molecule has 2 aliphatic rings. The van der Waals surface area contributed by atoms with Gasteiger partial charge in [0.15, 0.2) is 11.6 Å². The number of carbonyl (C=O) groups excluding carboxylic acids is 1. The van der Waals surface area contributed by atoms with Gasteiger partial charge in [0.2, 0.25) is 5.91 Å². The summed E-state index contributed by atoms with van der Waals surface area (Å²) in [7, 11) is 0. The molecule has 0 spiro atoms. The number of fused-ring (bicyclic) bond motifs is 1. The molecule has 2 atom stereocenters. The largest absolute Gasteiger partial charge is 0.333 e. The van der Waals surface area contributed by atoms with Crippen molar-refractivity contribution in [2.45, 2.75) is 39.3 Å². The Morgan fingerprint density at radius 1 is 1.27 bits per heavy atom. The van der Waals surface area contributed by atoms with Gasteiger partial charge in [0.1, 0.15) is 0 Å². The molecule has 26 heavy (non-hydrogen) atoms. The molecule has 1 fully saturated rings. The van der Waals surface area contributed by atoms with Crippen molar-refractivity contribution in [3.05, 3.63) is 36.2 Å². The van der Waals surface area contributed by atoms with E-state index in [1.165, 1.54) is 12.8 Å². The summed E-state index contributed by atoms with van der Waals surface area (Å²) >= 11 is 0. The molecule has 6 heteroatoms. The van der Waals surface area contributed by atoms with Crippen LogP contribution in [0.15, 0.2) is 30.3 Å². The molecule has 1 amide bonds. The predicted molar refractivity (Wildman–Crippen MR) is 100 cm³/mol. The first-order valence-corrected chi connectivity index (χ1v) is 9.68. The number of piperidine rings is 1. The van der Waals surface area contributed by atoms with Gasteiger partial charge in [-0.3, -0.25) is 4.79 Å². The third kappa shape index (κ3) is 3.51. The Balaban J connectivity index is 1.40. The van der Waals surface area contributed by atoms with Crippen molar-refractivity contribution in [1.29, 1.82) is 0 Å². The summed E-state index contributed by atoms with van der Waals surface area (Å²) in [5, 5.41) is 12.2. The molecule has 1 aromatic carbocycles. The molecule has 0 bridgehead atoms. The van der Waals surface area contributed by atoms with Crippen molar-refractivity contribution in [2.75, 3.05) is 19.6 Å². The summed E-state index contributed by atoms with van der Waals surface area (Å²) in [5.74, 6) is 3.07. The first-order chi connectivity index (χ1) is 12.7. The molecule has 1 N–H and O–H groups in total. The van der Waals surface area contributed by atoms with Gasteiger partial charge in [-0.1, -0.05) is 37.3 Å². The topological polar surface area (TPSA) is 63.1 Å². The molecule has 2 aromatic rings. The summed E-state index contributed by atoms with van der Waals surface area (Å²) < 4.78 is 2.15. The van der Waals surface area contributed by atoms with E-state index in [2.05, 4.69) is 39.1 Å². The lowest BCUT2D eigenvalue weighted by atomic mass is 9.85. The van der Waals surface area contributed by atoms with E-state index in [9.17, 15) is 4.79 Å². The number of carbonyl (C=O) groups is 1. The van der Waals surface area contributed by atoms with Crippen molar-refractivity contribution in [2.24, 2.45) is 11.8 Å². The minimum Gasteiger partial charge on any atom is -0.333 e. The number of nitrogens with one attached hydrogen (secondary N) is 1. The number of aromatic nitrogens is 3. The van der Waals surface area contributed by atoms with Crippen LogP contribution in [-0.2, 0) is 17.9 Å². The molecule has 0 aliphatic carbocycles. The lowest BCUT2D eigenvalue weighted by Crippen LogP contribution is -2.40. The molecular weight excluding hydrogens is 326 g/mol. The second-order valence-corrected chi connectivity index (χ2v) is 7.56. The number of hydrogen-bond acceptors (Lipinski definition) is 4. The summed E-state index contributed by atoms with van der Waals surface area (Å²) in [6.07, 6.45) is 3.08. The van der Waals surface area contributed by atoms with Crippen LogP contribution in [0.25, 0.3) is 11.4 Å². The SMILES string of the molecule is CC(CC(=O)N1CCn2c(nnc2-c2ccccc2)C1)C1CCCNC1. The van der Waals surface area contributed by atoms with Crippen LogP contribution in [0.4, 0.5) is 0 Å². The lowest BCUT2D eigenvalue weighted by Gasteiger charge is -2.32. The van der Waals surface area contributed by atoms with Crippen molar-refractivity contribution < 1.29 is 4.79 Å². The van der Waals surface area contributed by atoms with Crippen LogP contribution in [0.5, 0.6) is 0 Å². The Labute approximate surface area is 154 Å². The maximum absolute atomic E-state index is 12.8. The zero-order chi connectivity index (χ0) is 17.9. The van der Waals surface area contributed by atoms with E-state index >= 15 is 0 Å². The van der Waals surface area contributed by atoms with E-state index in [-0.39, 0.29) is 5.91 Å². The molecule has 0 radical (unpaired) electrons. The maximum Gasteiger partial charge on any atom is 0.223 e. The van der Waals surface area contributed by atoms with Crippen LogP contribution in [0.3, 0.4) is 0 Å². The number of hydrogen-bond donors (Lipinski definition) is 1. The van der Waals surface area contributed by atoms with Crippen LogP contribution in [0, 0.1) is 11.8 Å². The molecule has 1 saturated heterocycles. The average molecular weight is 353 g/mol. The minimum atomic E-state index is 0.249. The van der Waals surface area contributed by atoms with Gasteiger partial charge in [-0.05, 0) is 37.8 Å². The van der Waals surface area contributed by atoms with Crippen molar-refractivity contribution in [3.63, 3.8) is 0 Å². The molecular formula is C20H27N5O. The van der Waals surface area contributed by atoms with E-state index in [1.807, 2.05) is 23.1 Å². The van der Waals surface area contributed by atoms with Crippen LogP contribution in [-0.4, -0.2) is 45.2 Å². The highest BCUT2D eigenvalue weighted by atomic mass is 16.2. The summed E-state index contributed by atoms with van der Waals surface area (Å²) in [6, 6.07) is 10.1. The molecule has 4 rings (SSSR count). The third-order valence-electron chi connectivity index (χ3n) is 5.77. The van der Waals surface area contributed by atoms with Gasteiger partial charge in [-0.2, -0.15) is 0 Å². The zero-order valence-electron chi connectivity index (χ0n) is 15.4. The fourth-order valence-electron chi connectivity index (χ4n) is 4.11. The zero-order valence-corrected chi connectivity index (χ0v) is 15.4. The summed E-state index contributed by atoms with van der Waals surface area (Å²) in [4.78, 5) is 14.7. The first kappa shape index (κ1) is 17.2. The van der Waals surface area contributed by atoms with E-state index in [0.717, 1.165) is 43.4 Å². The van der Waals surface area contributed by atoms with Crippen molar-refractivity contribution >= 4 is 5.91 Å². The lowest BCUT2D eigenvalue weighted by molar-refractivity contribution is -0.134. The second-order valence-electron chi connectivity index (χ2n) is 7.56. The van der Waals surface area contributed by atoms with E-state index in [0.29, 0.717) is 24.8 Å². The fraction of sp³-hybridized carbons (Fsp3) is 0.550. The van der Waals surface area contributed by atoms with Gasteiger partial charge in [-0.25, -0.2) is 0 Å². The van der Waals surface area contributed by atoms with Crippen molar-refractivity contribution in [1.82, 2.24) is 25.0 Å². The Kier molecular flexibility index (Phi) is 5.02. The van der Waals surface area contributed by atoms with E-state index in [1.54, 1.807) is 0 Å². The standard InChI is InChI=1S/C20H27N5O/c1-15(17-8-5-9-21-13-17)12-19(26)24-10-11-25-18(14-24)22-23-20(25)16-6-3-2-4-7-16/h2-4,6-7,15,17,21H,5,8-14H2,1H3.